The van der Waals surface area contributed by atoms with Gasteiger partial charge in [-0.15, -0.1) is 0 Å². The van der Waals surface area contributed by atoms with Gasteiger partial charge in [0.2, 0.25) is 5.91 Å². The number of piperidine rings is 1. The lowest BCUT2D eigenvalue weighted by Gasteiger charge is -2.23. The van der Waals surface area contributed by atoms with Gasteiger partial charge in [0.25, 0.3) is 0 Å². The molecular weight excluding hydrogens is 290 g/mol. The third kappa shape index (κ3) is 3.96. The van der Waals surface area contributed by atoms with E-state index in [1.165, 1.54) is 0 Å². The van der Waals surface area contributed by atoms with E-state index in [4.69, 9.17) is 4.74 Å². The highest BCUT2D eigenvalue weighted by molar-refractivity contribution is 5.79. The van der Waals surface area contributed by atoms with Crippen molar-refractivity contribution < 1.29 is 9.53 Å². The van der Waals surface area contributed by atoms with Gasteiger partial charge in [-0.1, -0.05) is 12.1 Å². The Morgan fingerprint density at radius 1 is 1.39 bits per heavy atom. The molecule has 0 aliphatic carbocycles. The molecule has 126 valence electrons. The fourth-order valence-corrected chi connectivity index (χ4v) is 3.57. The van der Waals surface area contributed by atoms with Gasteiger partial charge in [0.1, 0.15) is 5.75 Å². The van der Waals surface area contributed by atoms with E-state index >= 15 is 0 Å². The SMILES string of the molecule is COc1ccccc1N1CCC(CNC(=O)C2CCCNC2)C1. The Kier molecular flexibility index (Phi) is 5.39. The highest BCUT2D eigenvalue weighted by Crippen LogP contribution is 2.31. The van der Waals surface area contributed by atoms with Gasteiger partial charge in [0.15, 0.2) is 0 Å². The summed E-state index contributed by atoms with van der Waals surface area (Å²) >= 11 is 0. The van der Waals surface area contributed by atoms with Crippen LogP contribution in [0.5, 0.6) is 5.75 Å². The maximum Gasteiger partial charge on any atom is 0.224 e. The molecule has 2 unspecified atom stereocenters. The number of rotatable bonds is 5. The molecule has 2 heterocycles. The molecule has 0 spiro atoms. The normalized spacial score (nSPS) is 24.5. The van der Waals surface area contributed by atoms with Crippen LogP contribution in [0.25, 0.3) is 0 Å². The van der Waals surface area contributed by atoms with Crippen molar-refractivity contribution in [3.05, 3.63) is 24.3 Å². The van der Waals surface area contributed by atoms with Crippen LogP contribution >= 0.6 is 0 Å². The van der Waals surface area contributed by atoms with E-state index in [9.17, 15) is 4.79 Å². The predicted molar refractivity (Wildman–Crippen MR) is 91.9 cm³/mol. The molecule has 0 saturated carbocycles. The lowest BCUT2D eigenvalue weighted by Crippen LogP contribution is -2.42. The van der Waals surface area contributed by atoms with Gasteiger partial charge < -0.3 is 20.3 Å². The number of hydrogen-bond donors (Lipinski definition) is 2. The fourth-order valence-electron chi connectivity index (χ4n) is 3.57. The molecule has 0 radical (unpaired) electrons. The molecule has 1 amide bonds. The third-order valence-electron chi connectivity index (χ3n) is 4.94. The van der Waals surface area contributed by atoms with Gasteiger partial charge in [-0.3, -0.25) is 4.79 Å². The number of methoxy groups -OCH3 is 1. The molecule has 2 aliphatic rings. The van der Waals surface area contributed by atoms with E-state index in [1.54, 1.807) is 7.11 Å². The number of amides is 1. The van der Waals surface area contributed by atoms with Crippen molar-refractivity contribution in [2.45, 2.75) is 19.3 Å². The maximum atomic E-state index is 12.2. The van der Waals surface area contributed by atoms with Crippen molar-refractivity contribution >= 4 is 11.6 Å². The second-order valence-electron chi connectivity index (χ2n) is 6.56. The number of nitrogens with one attached hydrogen (secondary N) is 2. The largest absolute Gasteiger partial charge is 0.495 e. The van der Waals surface area contributed by atoms with E-state index in [2.05, 4.69) is 21.6 Å². The second-order valence-corrected chi connectivity index (χ2v) is 6.56. The minimum Gasteiger partial charge on any atom is -0.495 e. The number of benzene rings is 1. The summed E-state index contributed by atoms with van der Waals surface area (Å²) in [5, 5.41) is 6.46. The number of ether oxygens (including phenoxy) is 1. The Morgan fingerprint density at radius 3 is 3.04 bits per heavy atom. The summed E-state index contributed by atoms with van der Waals surface area (Å²) in [7, 11) is 1.71. The summed E-state index contributed by atoms with van der Waals surface area (Å²) in [6, 6.07) is 8.14. The highest BCUT2D eigenvalue weighted by atomic mass is 16.5. The van der Waals surface area contributed by atoms with Gasteiger partial charge >= 0.3 is 0 Å². The van der Waals surface area contributed by atoms with Crippen LogP contribution in [0.4, 0.5) is 5.69 Å². The Hall–Kier alpha value is -1.75. The smallest absolute Gasteiger partial charge is 0.224 e. The zero-order valence-electron chi connectivity index (χ0n) is 13.9. The molecule has 1 aromatic rings. The van der Waals surface area contributed by atoms with Gasteiger partial charge in [-0.2, -0.15) is 0 Å². The molecule has 0 bridgehead atoms. The first kappa shape index (κ1) is 16.1. The number of hydrogen-bond acceptors (Lipinski definition) is 4. The van der Waals surface area contributed by atoms with Crippen LogP contribution in [0, 0.1) is 11.8 Å². The average molecular weight is 317 g/mol. The molecule has 2 N–H and O–H groups in total. The second kappa shape index (κ2) is 7.68. The first-order chi connectivity index (χ1) is 11.3. The molecular formula is C18H27N3O2. The standard InChI is InChI=1S/C18H27N3O2/c1-23-17-7-3-2-6-16(17)21-10-8-14(13-21)11-20-18(22)15-5-4-9-19-12-15/h2-3,6-7,14-15,19H,4-5,8-13H2,1H3,(H,20,22). The quantitative estimate of drug-likeness (QED) is 0.867. The monoisotopic (exact) mass is 317 g/mol. The minimum absolute atomic E-state index is 0.149. The van der Waals surface area contributed by atoms with Crippen LogP contribution in [-0.2, 0) is 4.79 Å². The van der Waals surface area contributed by atoms with Gasteiger partial charge in [-0.05, 0) is 43.9 Å². The van der Waals surface area contributed by atoms with Crippen LogP contribution in [-0.4, -0.2) is 45.7 Å². The van der Waals surface area contributed by atoms with Gasteiger partial charge in [0, 0.05) is 26.2 Å². The van der Waals surface area contributed by atoms with Crippen molar-refractivity contribution in [2.24, 2.45) is 11.8 Å². The van der Waals surface area contributed by atoms with Crippen LogP contribution in [0.1, 0.15) is 19.3 Å². The van der Waals surface area contributed by atoms with Gasteiger partial charge in [-0.25, -0.2) is 0 Å². The van der Waals surface area contributed by atoms with Crippen LogP contribution in [0.15, 0.2) is 24.3 Å². The summed E-state index contributed by atoms with van der Waals surface area (Å²) in [6.07, 6.45) is 3.22. The van der Waals surface area contributed by atoms with E-state index in [0.717, 1.165) is 63.4 Å². The van der Waals surface area contributed by atoms with E-state index in [-0.39, 0.29) is 11.8 Å². The number of anilines is 1. The predicted octanol–water partition coefficient (Wildman–Crippen LogP) is 1.64. The molecule has 5 nitrogen and oxygen atoms in total. The Bertz CT molecular complexity index is 529. The van der Waals surface area contributed by atoms with Crippen molar-refractivity contribution in [3.8, 4) is 5.75 Å². The third-order valence-corrected chi connectivity index (χ3v) is 4.94. The number of carbonyl (C=O) groups is 1. The summed E-state index contributed by atoms with van der Waals surface area (Å²) in [5.41, 5.74) is 1.15. The van der Waals surface area contributed by atoms with Gasteiger partial charge in [0.05, 0.1) is 18.7 Å². The summed E-state index contributed by atoms with van der Waals surface area (Å²) in [4.78, 5) is 14.6. The average Bonchev–Trinajstić information content (AvgIpc) is 3.09. The lowest BCUT2D eigenvalue weighted by molar-refractivity contribution is -0.125. The zero-order chi connectivity index (χ0) is 16.1. The number of carbonyl (C=O) groups excluding carboxylic acids is 1. The molecule has 3 rings (SSSR count). The summed E-state index contributed by atoms with van der Waals surface area (Å²) in [5.74, 6) is 1.80. The van der Waals surface area contributed by atoms with E-state index < -0.39 is 0 Å². The molecule has 1 aromatic carbocycles. The Labute approximate surface area is 138 Å². The summed E-state index contributed by atoms with van der Waals surface area (Å²) in [6.45, 7) is 4.64. The first-order valence-corrected chi connectivity index (χ1v) is 8.64. The number of para-hydroxylation sites is 2. The molecule has 0 aromatic heterocycles. The molecule has 2 aliphatic heterocycles. The Balaban J connectivity index is 1.49. The van der Waals surface area contributed by atoms with Crippen molar-refractivity contribution in [3.63, 3.8) is 0 Å². The molecule has 2 fully saturated rings. The molecule has 2 atom stereocenters. The topological polar surface area (TPSA) is 53.6 Å². The number of nitrogens with zero attached hydrogens (tertiary/aromatic N) is 1. The van der Waals surface area contributed by atoms with E-state index in [0.29, 0.717) is 5.92 Å². The molecule has 2 saturated heterocycles. The van der Waals surface area contributed by atoms with Crippen molar-refractivity contribution in [1.29, 1.82) is 0 Å². The van der Waals surface area contributed by atoms with Crippen LogP contribution < -0.4 is 20.3 Å². The van der Waals surface area contributed by atoms with E-state index in [1.807, 2.05) is 18.2 Å². The minimum atomic E-state index is 0.149. The van der Waals surface area contributed by atoms with Crippen molar-refractivity contribution in [2.75, 3.05) is 44.7 Å². The van der Waals surface area contributed by atoms with Crippen LogP contribution in [0.3, 0.4) is 0 Å². The summed E-state index contributed by atoms with van der Waals surface area (Å²) < 4.78 is 5.45. The van der Waals surface area contributed by atoms with Crippen LogP contribution in [0.2, 0.25) is 0 Å². The molecule has 23 heavy (non-hydrogen) atoms. The fraction of sp³-hybridized carbons (Fsp3) is 0.611. The Morgan fingerprint density at radius 2 is 2.26 bits per heavy atom. The van der Waals surface area contributed by atoms with Crippen molar-refractivity contribution in [1.82, 2.24) is 10.6 Å². The molecule has 5 heteroatoms. The maximum absolute atomic E-state index is 12.2. The first-order valence-electron chi connectivity index (χ1n) is 8.64. The lowest BCUT2D eigenvalue weighted by atomic mass is 9.98. The highest BCUT2D eigenvalue weighted by Gasteiger charge is 2.26. The zero-order valence-corrected chi connectivity index (χ0v) is 13.9.